The first-order chi connectivity index (χ1) is 10.3. The van der Waals surface area contributed by atoms with Gasteiger partial charge in [0.25, 0.3) is 0 Å². The summed E-state index contributed by atoms with van der Waals surface area (Å²) in [5.41, 5.74) is 11.2. The maximum Gasteiger partial charge on any atom is 0.0542 e. The lowest BCUT2D eigenvalue weighted by molar-refractivity contribution is 1.10. The summed E-state index contributed by atoms with van der Waals surface area (Å²) in [6.45, 7) is 5.99. The molecule has 0 aliphatic carbocycles. The van der Waals surface area contributed by atoms with E-state index in [0.717, 1.165) is 33.5 Å². The molecular formula is C19H18N2. The number of nitrogen functional groups attached to an aromatic ring is 1. The van der Waals surface area contributed by atoms with Crippen molar-refractivity contribution in [3.63, 3.8) is 0 Å². The van der Waals surface area contributed by atoms with Crippen LogP contribution in [0.1, 0.15) is 18.2 Å². The molecule has 0 unspecified atom stereocenters. The summed E-state index contributed by atoms with van der Waals surface area (Å²) in [6.07, 6.45) is 6.06. The van der Waals surface area contributed by atoms with E-state index in [1.807, 2.05) is 49.4 Å². The SMILES string of the molecule is C=Cc1c(/C=C\C)n(-c2ccccc2)c2ccc(N)cc12. The zero-order valence-electron chi connectivity index (χ0n) is 12.1. The van der Waals surface area contributed by atoms with Crippen LogP contribution < -0.4 is 5.73 Å². The van der Waals surface area contributed by atoms with Crippen molar-refractivity contribution in [3.05, 3.63) is 72.4 Å². The number of nitrogens with zero attached hydrogens (tertiary/aromatic N) is 1. The molecule has 2 heteroatoms. The highest BCUT2D eigenvalue weighted by Gasteiger charge is 2.14. The van der Waals surface area contributed by atoms with E-state index in [2.05, 4.69) is 35.4 Å². The minimum absolute atomic E-state index is 0.767. The van der Waals surface area contributed by atoms with Crippen molar-refractivity contribution >= 4 is 28.7 Å². The molecule has 0 amide bonds. The summed E-state index contributed by atoms with van der Waals surface area (Å²) < 4.78 is 2.24. The van der Waals surface area contributed by atoms with Crippen LogP contribution in [0.4, 0.5) is 5.69 Å². The van der Waals surface area contributed by atoms with E-state index in [1.54, 1.807) is 0 Å². The van der Waals surface area contributed by atoms with E-state index in [1.165, 1.54) is 0 Å². The Kier molecular flexibility index (Phi) is 3.36. The lowest BCUT2D eigenvalue weighted by Gasteiger charge is -2.09. The fraction of sp³-hybridized carbons (Fsp3) is 0.0526. The Balaban J connectivity index is 2.47. The van der Waals surface area contributed by atoms with Gasteiger partial charge in [0, 0.05) is 22.3 Å². The highest BCUT2D eigenvalue weighted by Crippen LogP contribution is 2.32. The molecule has 0 saturated heterocycles. The zero-order chi connectivity index (χ0) is 14.8. The van der Waals surface area contributed by atoms with Crippen LogP contribution in [0.5, 0.6) is 0 Å². The smallest absolute Gasteiger partial charge is 0.0542 e. The van der Waals surface area contributed by atoms with Gasteiger partial charge in [-0.2, -0.15) is 0 Å². The normalized spacial score (nSPS) is 11.3. The van der Waals surface area contributed by atoms with E-state index in [-0.39, 0.29) is 0 Å². The average Bonchev–Trinajstić information content (AvgIpc) is 2.81. The quantitative estimate of drug-likeness (QED) is 0.677. The van der Waals surface area contributed by atoms with Gasteiger partial charge in [-0.3, -0.25) is 0 Å². The van der Waals surface area contributed by atoms with Crippen molar-refractivity contribution in [1.29, 1.82) is 0 Å². The van der Waals surface area contributed by atoms with Crippen LogP contribution in [-0.2, 0) is 0 Å². The predicted octanol–water partition coefficient (Wildman–Crippen LogP) is 4.89. The van der Waals surface area contributed by atoms with E-state index >= 15 is 0 Å². The number of hydrogen-bond donors (Lipinski definition) is 1. The molecule has 21 heavy (non-hydrogen) atoms. The van der Waals surface area contributed by atoms with Crippen LogP contribution in [0.2, 0.25) is 0 Å². The fourth-order valence-corrected chi connectivity index (χ4v) is 2.74. The van der Waals surface area contributed by atoms with Gasteiger partial charge in [0.2, 0.25) is 0 Å². The van der Waals surface area contributed by atoms with Crippen LogP contribution in [0.3, 0.4) is 0 Å². The number of benzene rings is 2. The van der Waals surface area contributed by atoms with Crippen molar-refractivity contribution in [3.8, 4) is 5.69 Å². The van der Waals surface area contributed by atoms with Gasteiger partial charge in [-0.15, -0.1) is 0 Å². The van der Waals surface area contributed by atoms with Gasteiger partial charge in [0.15, 0.2) is 0 Å². The van der Waals surface area contributed by atoms with Crippen LogP contribution in [0, 0.1) is 0 Å². The van der Waals surface area contributed by atoms with Gasteiger partial charge < -0.3 is 10.3 Å². The first kappa shape index (κ1) is 13.3. The molecule has 2 aromatic carbocycles. The van der Waals surface area contributed by atoms with Crippen molar-refractivity contribution in [2.45, 2.75) is 6.92 Å². The lowest BCUT2D eigenvalue weighted by Crippen LogP contribution is -1.96. The Morgan fingerprint density at radius 1 is 1.10 bits per heavy atom. The molecular weight excluding hydrogens is 256 g/mol. The molecule has 2 nitrogen and oxygen atoms in total. The lowest BCUT2D eigenvalue weighted by atomic mass is 10.1. The van der Waals surface area contributed by atoms with Crippen molar-refractivity contribution < 1.29 is 0 Å². The van der Waals surface area contributed by atoms with E-state index in [4.69, 9.17) is 5.73 Å². The van der Waals surface area contributed by atoms with Crippen molar-refractivity contribution in [1.82, 2.24) is 4.57 Å². The standard InChI is InChI=1S/C19H18N2/c1-3-8-18-16(4-2)17-13-14(20)11-12-19(17)21(18)15-9-6-5-7-10-15/h3-13H,2,20H2,1H3/b8-3-. The number of para-hydroxylation sites is 1. The molecule has 1 heterocycles. The van der Waals surface area contributed by atoms with Gasteiger partial charge in [0.1, 0.15) is 0 Å². The Bertz CT molecular complexity index is 824. The van der Waals surface area contributed by atoms with Crippen molar-refractivity contribution in [2.75, 3.05) is 5.73 Å². The summed E-state index contributed by atoms with van der Waals surface area (Å²) in [5.74, 6) is 0. The third-order valence-electron chi connectivity index (χ3n) is 3.61. The van der Waals surface area contributed by atoms with E-state index in [0.29, 0.717) is 0 Å². The van der Waals surface area contributed by atoms with Gasteiger partial charge in [-0.05, 0) is 43.3 Å². The molecule has 0 saturated carbocycles. The number of aromatic nitrogens is 1. The number of nitrogens with two attached hydrogens (primary N) is 1. The predicted molar refractivity (Wildman–Crippen MR) is 92.5 cm³/mol. The fourth-order valence-electron chi connectivity index (χ4n) is 2.74. The number of anilines is 1. The molecule has 0 spiro atoms. The number of rotatable bonds is 3. The summed E-state index contributed by atoms with van der Waals surface area (Å²) in [4.78, 5) is 0. The van der Waals surface area contributed by atoms with Gasteiger partial charge in [0.05, 0.1) is 11.2 Å². The minimum Gasteiger partial charge on any atom is -0.399 e. The second kappa shape index (κ2) is 5.33. The third-order valence-corrected chi connectivity index (χ3v) is 3.61. The highest BCUT2D eigenvalue weighted by molar-refractivity contribution is 5.96. The Hall–Kier alpha value is -2.74. The topological polar surface area (TPSA) is 30.9 Å². The number of allylic oxidation sites excluding steroid dienone is 1. The summed E-state index contributed by atoms with van der Waals surface area (Å²) in [5, 5.41) is 1.13. The monoisotopic (exact) mass is 274 g/mol. The second-order valence-electron chi connectivity index (χ2n) is 4.95. The van der Waals surface area contributed by atoms with Crippen LogP contribution in [0.15, 0.2) is 61.2 Å². The molecule has 3 rings (SSSR count). The summed E-state index contributed by atoms with van der Waals surface area (Å²) in [7, 11) is 0. The Morgan fingerprint density at radius 2 is 1.86 bits per heavy atom. The number of fused-ring (bicyclic) bond motifs is 1. The molecule has 0 aliphatic heterocycles. The van der Waals surface area contributed by atoms with E-state index in [9.17, 15) is 0 Å². The number of hydrogen-bond acceptors (Lipinski definition) is 1. The molecule has 0 atom stereocenters. The second-order valence-corrected chi connectivity index (χ2v) is 4.95. The molecule has 3 aromatic rings. The maximum absolute atomic E-state index is 5.96. The minimum atomic E-state index is 0.767. The molecule has 0 bridgehead atoms. The van der Waals surface area contributed by atoms with Crippen LogP contribution in [0.25, 0.3) is 28.7 Å². The molecule has 0 fully saturated rings. The molecule has 0 aliphatic rings. The molecule has 2 N–H and O–H groups in total. The molecule has 0 radical (unpaired) electrons. The highest BCUT2D eigenvalue weighted by atomic mass is 15.0. The Labute approximate surface area is 124 Å². The molecule has 104 valence electrons. The zero-order valence-corrected chi connectivity index (χ0v) is 12.1. The van der Waals surface area contributed by atoms with Crippen molar-refractivity contribution in [2.24, 2.45) is 0 Å². The average molecular weight is 274 g/mol. The summed E-state index contributed by atoms with van der Waals surface area (Å²) in [6, 6.07) is 16.4. The first-order valence-corrected chi connectivity index (χ1v) is 7.00. The first-order valence-electron chi connectivity index (χ1n) is 7.00. The van der Waals surface area contributed by atoms with Gasteiger partial charge in [-0.25, -0.2) is 0 Å². The Morgan fingerprint density at radius 3 is 2.52 bits per heavy atom. The largest absolute Gasteiger partial charge is 0.399 e. The van der Waals surface area contributed by atoms with Gasteiger partial charge >= 0.3 is 0 Å². The van der Waals surface area contributed by atoms with Gasteiger partial charge in [-0.1, -0.05) is 36.9 Å². The third kappa shape index (κ3) is 2.15. The maximum atomic E-state index is 5.96. The van der Waals surface area contributed by atoms with Crippen LogP contribution in [-0.4, -0.2) is 4.57 Å². The summed E-state index contributed by atoms with van der Waals surface area (Å²) >= 11 is 0. The van der Waals surface area contributed by atoms with Crippen LogP contribution >= 0.6 is 0 Å². The van der Waals surface area contributed by atoms with E-state index < -0.39 is 0 Å². The molecule has 1 aromatic heterocycles.